The molecule has 0 amide bonds. The number of hydroxylamine groups is 1. The number of aromatic hydroxyl groups is 1. The van der Waals surface area contributed by atoms with Crippen molar-refractivity contribution in [1.29, 1.82) is 0 Å². The number of nitrogens with one attached hydrogen (secondary N) is 1. The van der Waals surface area contributed by atoms with Gasteiger partial charge in [-0.25, -0.2) is 5.48 Å². The molecule has 0 fully saturated rings. The van der Waals surface area contributed by atoms with Crippen molar-refractivity contribution in [1.82, 2.24) is 5.48 Å². The molecule has 0 radical (unpaired) electrons. The van der Waals surface area contributed by atoms with Crippen LogP contribution < -0.4 is 11.2 Å². The summed E-state index contributed by atoms with van der Waals surface area (Å²) in [5.74, 6) is -0.126. The molecule has 0 spiro atoms. The summed E-state index contributed by atoms with van der Waals surface area (Å²) < 4.78 is 29.6. The molecule has 9 nitrogen and oxygen atoms in total. The van der Waals surface area contributed by atoms with Gasteiger partial charge in [-0.15, -0.1) is 5.10 Å². The third kappa shape index (κ3) is 7.44. The lowest BCUT2D eigenvalue weighted by molar-refractivity contribution is 0.232. The first-order valence-corrected chi connectivity index (χ1v) is 8.27. The van der Waals surface area contributed by atoms with E-state index in [0.717, 1.165) is 5.56 Å². The van der Waals surface area contributed by atoms with Crippen LogP contribution in [0.25, 0.3) is 0 Å². The summed E-state index contributed by atoms with van der Waals surface area (Å²) in [6.45, 7) is 1.84. The Kier molecular flexibility index (Phi) is 7.53. The van der Waals surface area contributed by atoms with Crippen LogP contribution in [0, 0.1) is 6.92 Å². The van der Waals surface area contributed by atoms with Crippen LogP contribution in [0.2, 0.25) is 0 Å². The number of nitrogens with two attached hydrogens (primary N) is 1. The Labute approximate surface area is 144 Å². The third-order valence-electron chi connectivity index (χ3n) is 2.73. The molecule has 0 aliphatic rings. The van der Waals surface area contributed by atoms with Crippen LogP contribution in [0.1, 0.15) is 11.1 Å². The number of phenols is 1. The summed E-state index contributed by atoms with van der Waals surface area (Å²) in [6.07, 6.45) is 1.32. The van der Waals surface area contributed by atoms with Crippen LogP contribution in [0.3, 0.4) is 0 Å². The quantitative estimate of drug-likeness (QED) is 0.237. The van der Waals surface area contributed by atoms with E-state index < -0.39 is 10.1 Å². The number of nitrogens with zero attached hydrogens (tertiary/aromatic N) is 2. The van der Waals surface area contributed by atoms with Gasteiger partial charge in [0.05, 0.1) is 11.1 Å². The average molecular weight is 366 g/mol. The minimum Gasteiger partial charge on any atom is -0.507 e. The first-order chi connectivity index (χ1) is 11.7. The number of phenolic OH excluding ortho intramolecular Hbond substituents is 1. The van der Waals surface area contributed by atoms with Crippen molar-refractivity contribution >= 4 is 22.3 Å². The summed E-state index contributed by atoms with van der Waals surface area (Å²) in [6, 6.07) is 12.6. The lowest BCUT2D eigenvalue weighted by Gasteiger charge is -1.95. The van der Waals surface area contributed by atoms with E-state index in [2.05, 4.69) is 10.2 Å². The Morgan fingerprint density at radius 3 is 2.28 bits per heavy atom. The Hall–Kier alpha value is -2.95. The van der Waals surface area contributed by atoms with E-state index in [9.17, 15) is 13.5 Å². The predicted molar refractivity (Wildman–Crippen MR) is 93.2 cm³/mol. The molecule has 0 saturated heterocycles. The first kappa shape index (κ1) is 20.1. The lowest BCUT2D eigenvalue weighted by Crippen LogP contribution is -2.27. The van der Waals surface area contributed by atoms with Gasteiger partial charge in [-0.05, 0) is 31.2 Å². The maximum Gasteiger partial charge on any atom is 0.294 e. The molecule has 0 saturated carbocycles. The van der Waals surface area contributed by atoms with Crippen LogP contribution >= 0.6 is 0 Å². The summed E-state index contributed by atoms with van der Waals surface area (Å²) in [7, 11) is -4.02. The van der Waals surface area contributed by atoms with Gasteiger partial charge in [0, 0.05) is 5.56 Å². The minimum atomic E-state index is -4.02. The van der Waals surface area contributed by atoms with Gasteiger partial charge < -0.3 is 10.8 Å². The second kappa shape index (κ2) is 9.37. The molecule has 6 N–H and O–H groups in total. The molecule has 0 aliphatic carbocycles. The van der Waals surface area contributed by atoms with Crippen molar-refractivity contribution in [2.75, 3.05) is 0 Å². The molecule has 0 atom stereocenters. The van der Waals surface area contributed by atoms with E-state index in [1.54, 1.807) is 35.8 Å². The summed E-state index contributed by atoms with van der Waals surface area (Å²) in [5.41, 5.74) is 8.18. The highest BCUT2D eigenvalue weighted by molar-refractivity contribution is 7.85. The Morgan fingerprint density at radius 1 is 1.16 bits per heavy atom. The predicted octanol–water partition coefficient (Wildman–Crippen LogP) is 1.26. The largest absolute Gasteiger partial charge is 0.507 e. The molecule has 2 rings (SSSR count). The number of benzene rings is 2. The topological polar surface area (TPSA) is 158 Å². The second-order valence-electron chi connectivity index (χ2n) is 4.69. The molecular formula is C15H18N4O5S. The van der Waals surface area contributed by atoms with Crippen molar-refractivity contribution in [3.8, 4) is 5.75 Å². The number of para-hydroxylation sites is 1. The maximum absolute atomic E-state index is 10.5. The van der Waals surface area contributed by atoms with Gasteiger partial charge in [0.25, 0.3) is 10.1 Å². The molecule has 0 aliphatic heterocycles. The number of rotatable bonds is 3. The van der Waals surface area contributed by atoms with Gasteiger partial charge >= 0.3 is 0 Å². The van der Waals surface area contributed by atoms with Crippen LogP contribution in [0.15, 0.2) is 63.6 Å². The van der Waals surface area contributed by atoms with Crippen molar-refractivity contribution in [2.45, 2.75) is 11.8 Å². The molecule has 2 aromatic rings. The molecule has 2 aromatic carbocycles. The zero-order valence-corrected chi connectivity index (χ0v) is 14.1. The summed E-state index contributed by atoms with van der Waals surface area (Å²) >= 11 is 0. The third-order valence-corrected chi connectivity index (χ3v) is 3.60. The van der Waals surface area contributed by atoms with Crippen LogP contribution in [-0.4, -0.2) is 35.5 Å². The molecule has 0 aromatic heterocycles. The van der Waals surface area contributed by atoms with E-state index in [1.807, 2.05) is 6.92 Å². The van der Waals surface area contributed by atoms with Crippen molar-refractivity contribution in [3.63, 3.8) is 0 Å². The zero-order valence-electron chi connectivity index (χ0n) is 13.2. The number of guanidine groups is 1. The Morgan fingerprint density at radius 2 is 1.76 bits per heavy atom. The van der Waals surface area contributed by atoms with Crippen molar-refractivity contribution in [3.05, 3.63) is 59.7 Å². The smallest absolute Gasteiger partial charge is 0.294 e. The maximum atomic E-state index is 10.5. The van der Waals surface area contributed by atoms with Crippen molar-refractivity contribution in [2.24, 2.45) is 15.9 Å². The molecule has 0 unspecified atom stereocenters. The van der Waals surface area contributed by atoms with E-state index in [1.165, 1.54) is 24.4 Å². The first-order valence-electron chi connectivity index (χ1n) is 6.83. The highest BCUT2D eigenvalue weighted by atomic mass is 32.2. The van der Waals surface area contributed by atoms with Gasteiger partial charge in [0.15, 0.2) is 0 Å². The van der Waals surface area contributed by atoms with Crippen LogP contribution in [0.4, 0.5) is 0 Å². The fraction of sp³-hybridized carbons (Fsp3) is 0.0667. The monoisotopic (exact) mass is 366 g/mol. The standard InChI is InChI=1S/C8H10N4O2.C7H8O3S/c9-8(12-14)11-10-5-6-3-1-2-4-7(6)13;1-6-2-4-7(5-3-6)11(8,9)10/h1-5,13-14H,(H3,9,11,12);2-5H,1H3,(H,8,9,10). The average Bonchev–Trinajstić information content (AvgIpc) is 2.56. The number of aryl methyl sites for hydroxylation is 1. The lowest BCUT2D eigenvalue weighted by atomic mass is 10.2. The van der Waals surface area contributed by atoms with Gasteiger partial charge in [-0.2, -0.15) is 13.5 Å². The molecule has 134 valence electrons. The minimum absolute atomic E-state index is 0.0666. The van der Waals surface area contributed by atoms with E-state index in [-0.39, 0.29) is 16.6 Å². The number of hydrogen-bond donors (Lipinski definition) is 5. The highest BCUT2D eigenvalue weighted by Gasteiger charge is 2.06. The molecular weight excluding hydrogens is 348 g/mol. The van der Waals surface area contributed by atoms with Gasteiger partial charge in [-0.3, -0.25) is 9.76 Å². The summed E-state index contributed by atoms with van der Waals surface area (Å²) in [5, 5.41) is 24.5. The Balaban J connectivity index is 0.000000257. The SMILES string of the molecule is Cc1ccc(S(=O)(=O)O)cc1.N/C(=N\N=Cc1ccccc1O)NO. The van der Waals surface area contributed by atoms with Gasteiger partial charge in [0.1, 0.15) is 5.75 Å². The van der Waals surface area contributed by atoms with E-state index in [0.29, 0.717) is 5.56 Å². The molecule has 10 heteroatoms. The van der Waals surface area contributed by atoms with Crippen LogP contribution in [-0.2, 0) is 10.1 Å². The normalized spacial score (nSPS) is 11.7. The van der Waals surface area contributed by atoms with Gasteiger partial charge in [0.2, 0.25) is 5.96 Å². The highest BCUT2D eigenvalue weighted by Crippen LogP contribution is 2.12. The van der Waals surface area contributed by atoms with Crippen molar-refractivity contribution < 1.29 is 23.3 Å². The van der Waals surface area contributed by atoms with E-state index in [4.69, 9.17) is 15.5 Å². The zero-order chi connectivity index (χ0) is 18.9. The van der Waals surface area contributed by atoms with Gasteiger partial charge in [-0.1, -0.05) is 29.8 Å². The Bertz CT molecular complexity index is 848. The fourth-order valence-corrected chi connectivity index (χ4v) is 1.96. The van der Waals surface area contributed by atoms with Crippen LogP contribution in [0.5, 0.6) is 5.75 Å². The number of hydrogen-bond acceptors (Lipinski definition) is 6. The molecule has 25 heavy (non-hydrogen) atoms. The van der Waals surface area contributed by atoms with E-state index >= 15 is 0 Å². The fourth-order valence-electron chi connectivity index (χ4n) is 1.48. The summed E-state index contributed by atoms with van der Waals surface area (Å²) in [4.78, 5) is -0.0666. The molecule has 0 bridgehead atoms. The molecule has 0 heterocycles. The second-order valence-corrected chi connectivity index (χ2v) is 6.11.